The quantitative estimate of drug-likeness (QED) is 0.399. The second-order valence-electron chi connectivity index (χ2n) is 7.13. The van der Waals surface area contributed by atoms with Gasteiger partial charge in [0.1, 0.15) is 0 Å². The normalized spacial score (nSPS) is 11.0. The fourth-order valence-electron chi connectivity index (χ4n) is 3.35. The van der Waals surface area contributed by atoms with Gasteiger partial charge in [0.2, 0.25) is 0 Å². The lowest BCUT2D eigenvalue weighted by molar-refractivity contribution is 0.0984. The Balaban J connectivity index is 1.82. The Morgan fingerprint density at radius 1 is 1.03 bits per heavy atom. The first-order valence-electron chi connectivity index (χ1n) is 9.27. The molecule has 0 aliphatic carbocycles. The number of hydrogen-bond donors (Lipinski definition) is 0. The van der Waals surface area contributed by atoms with Crippen LogP contribution in [0.25, 0.3) is 10.2 Å². The third-order valence-corrected chi connectivity index (χ3v) is 6.06. The highest BCUT2D eigenvalue weighted by atomic mass is 35.5. The zero-order valence-electron chi connectivity index (χ0n) is 16.4. The van der Waals surface area contributed by atoms with E-state index in [0.717, 1.165) is 32.5 Å². The standard InChI is InChI=1S/C23H20ClN3OS/c1-14-4-5-19(15(2)10-14)22(28)27(13-17-6-8-25-9-7-17)23-26-21-16(3)11-18(24)12-20(21)29-23/h4-12H,13H2,1-3H3. The van der Waals surface area contributed by atoms with E-state index in [4.69, 9.17) is 16.6 Å². The zero-order valence-corrected chi connectivity index (χ0v) is 18.0. The molecule has 29 heavy (non-hydrogen) atoms. The maximum absolute atomic E-state index is 13.6. The molecule has 0 radical (unpaired) electrons. The Morgan fingerprint density at radius 2 is 1.79 bits per heavy atom. The molecule has 0 fully saturated rings. The van der Waals surface area contributed by atoms with Crippen LogP contribution in [0.1, 0.15) is 32.6 Å². The van der Waals surface area contributed by atoms with Crippen molar-refractivity contribution in [3.05, 3.63) is 87.7 Å². The van der Waals surface area contributed by atoms with Crippen molar-refractivity contribution in [3.63, 3.8) is 0 Å². The molecule has 2 aromatic heterocycles. The number of fused-ring (bicyclic) bond motifs is 1. The van der Waals surface area contributed by atoms with E-state index in [1.807, 2.05) is 63.2 Å². The number of nitrogens with zero attached hydrogens (tertiary/aromatic N) is 3. The number of benzene rings is 2. The van der Waals surface area contributed by atoms with Crippen molar-refractivity contribution in [2.45, 2.75) is 27.3 Å². The van der Waals surface area contributed by atoms with Crippen molar-refractivity contribution < 1.29 is 4.79 Å². The second-order valence-corrected chi connectivity index (χ2v) is 8.58. The van der Waals surface area contributed by atoms with Gasteiger partial charge < -0.3 is 0 Å². The summed E-state index contributed by atoms with van der Waals surface area (Å²) in [6, 6.07) is 13.5. The Labute approximate surface area is 178 Å². The fraction of sp³-hybridized carbons (Fsp3) is 0.174. The van der Waals surface area contributed by atoms with Crippen LogP contribution in [0, 0.1) is 20.8 Å². The van der Waals surface area contributed by atoms with Gasteiger partial charge in [0.05, 0.1) is 16.8 Å². The largest absolute Gasteiger partial charge is 0.279 e. The highest BCUT2D eigenvalue weighted by molar-refractivity contribution is 7.22. The Morgan fingerprint density at radius 3 is 2.52 bits per heavy atom. The maximum atomic E-state index is 13.6. The molecule has 0 saturated carbocycles. The first-order valence-corrected chi connectivity index (χ1v) is 10.5. The van der Waals surface area contributed by atoms with E-state index in [-0.39, 0.29) is 5.91 Å². The summed E-state index contributed by atoms with van der Waals surface area (Å²) in [4.78, 5) is 24.2. The van der Waals surface area contributed by atoms with Crippen LogP contribution in [0.15, 0.2) is 54.9 Å². The van der Waals surface area contributed by atoms with E-state index < -0.39 is 0 Å². The molecule has 1 amide bonds. The number of aryl methyl sites for hydroxylation is 3. The molecule has 2 aromatic carbocycles. The van der Waals surface area contributed by atoms with Crippen molar-refractivity contribution in [1.82, 2.24) is 9.97 Å². The van der Waals surface area contributed by atoms with Crippen LogP contribution in [0.4, 0.5) is 5.13 Å². The number of hydrogen-bond acceptors (Lipinski definition) is 4. The molecule has 0 saturated heterocycles. The molecule has 6 heteroatoms. The zero-order chi connectivity index (χ0) is 20.5. The van der Waals surface area contributed by atoms with E-state index >= 15 is 0 Å². The molecule has 0 N–H and O–H groups in total. The summed E-state index contributed by atoms with van der Waals surface area (Å²) < 4.78 is 0.971. The lowest BCUT2D eigenvalue weighted by atomic mass is 10.0. The number of anilines is 1. The summed E-state index contributed by atoms with van der Waals surface area (Å²) in [5.74, 6) is -0.0675. The molecule has 2 heterocycles. The van der Waals surface area contributed by atoms with Crippen LogP contribution < -0.4 is 4.90 Å². The van der Waals surface area contributed by atoms with E-state index in [2.05, 4.69) is 4.98 Å². The molecule has 0 spiro atoms. The van der Waals surface area contributed by atoms with Gasteiger partial charge in [-0.1, -0.05) is 40.6 Å². The molecule has 4 nitrogen and oxygen atoms in total. The maximum Gasteiger partial charge on any atom is 0.260 e. The molecular weight excluding hydrogens is 402 g/mol. The van der Waals surface area contributed by atoms with Gasteiger partial charge in [-0.3, -0.25) is 14.7 Å². The average molecular weight is 422 g/mol. The number of rotatable bonds is 4. The molecule has 146 valence electrons. The Kier molecular flexibility index (Phi) is 5.35. The molecule has 0 bridgehead atoms. The number of pyridine rings is 1. The first-order chi connectivity index (χ1) is 13.9. The number of thiazole rings is 1. The summed E-state index contributed by atoms with van der Waals surface area (Å²) >= 11 is 7.71. The fourth-order valence-corrected chi connectivity index (χ4v) is 4.77. The average Bonchev–Trinajstić information content (AvgIpc) is 3.10. The minimum absolute atomic E-state index is 0.0675. The summed E-state index contributed by atoms with van der Waals surface area (Å²) in [7, 11) is 0. The van der Waals surface area contributed by atoms with Gasteiger partial charge in [-0.15, -0.1) is 0 Å². The van der Waals surface area contributed by atoms with Gasteiger partial charge >= 0.3 is 0 Å². The molecule has 0 unspecified atom stereocenters. The summed E-state index contributed by atoms with van der Waals surface area (Å²) in [6.07, 6.45) is 3.47. The number of halogens is 1. The highest BCUT2D eigenvalue weighted by Gasteiger charge is 2.23. The second kappa shape index (κ2) is 7.93. The monoisotopic (exact) mass is 421 g/mol. The molecule has 0 aliphatic rings. The Bertz CT molecular complexity index is 1200. The van der Waals surface area contributed by atoms with Gasteiger partial charge in [-0.2, -0.15) is 0 Å². The highest BCUT2D eigenvalue weighted by Crippen LogP contribution is 2.34. The van der Waals surface area contributed by atoms with Gasteiger partial charge in [0.25, 0.3) is 5.91 Å². The summed E-state index contributed by atoms with van der Waals surface area (Å²) in [6.45, 7) is 6.39. The minimum atomic E-state index is -0.0675. The van der Waals surface area contributed by atoms with Crippen LogP contribution in [-0.2, 0) is 6.54 Å². The third-order valence-electron chi connectivity index (χ3n) is 4.82. The molecule has 4 aromatic rings. The lowest BCUT2D eigenvalue weighted by Crippen LogP contribution is -2.31. The molecule has 0 aliphatic heterocycles. The van der Waals surface area contributed by atoms with Gasteiger partial charge in [-0.25, -0.2) is 4.98 Å². The van der Waals surface area contributed by atoms with Crippen molar-refractivity contribution in [3.8, 4) is 0 Å². The summed E-state index contributed by atoms with van der Waals surface area (Å²) in [5, 5.41) is 1.33. The number of carbonyl (C=O) groups is 1. The van der Waals surface area contributed by atoms with Gasteiger partial charge in [-0.05, 0) is 67.8 Å². The van der Waals surface area contributed by atoms with E-state index in [0.29, 0.717) is 22.3 Å². The van der Waals surface area contributed by atoms with Crippen molar-refractivity contribution in [1.29, 1.82) is 0 Å². The predicted octanol–water partition coefficient (Wildman–Crippen LogP) is 6.12. The summed E-state index contributed by atoms with van der Waals surface area (Å²) in [5.41, 5.74) is 5.63. The van der Waals surface area contributed by atoms with Crippen LogP contribution in [-0.4, -0.2) is 15.9 Å². The van der Waals surface area contributed by atoms with Gasteiger partial charge in [0, 0.05) is 23.0 Å². The SMILES string of the molecule is Cc1ccc(C(=O)N(Cc2ccncc2)c2nc3c(C)cc(Cl)cc3s2)c(C)c1. The smallest absolute Gasteiger partial charge is 0.260 e. The molecule has 4 rings (SSSR count). The van der Waals surface area contributed by atoms with Crippen molar-refractivity contribution in [2.24, 2.45) is 0 Å². The van der Waals surface area contributed by atoms with E-state index in [1.165, 1.54) is 11.3 Å². The minimum Gasteiger partial charge on any atom is -0.279 e. The van der Waals surface area contributed by atoms with Crippen LogP contribution in [0.3, 0.4) is 0 Å². The third kappa shape index (κ3) is 4.02. The van der Waals surface area contributed by atoms with Crippen molar-refractivity contribution in [2.75, 3.05) is 4.90 Å². The number of amides is 1. The van der Waals surface area contributed by atoms with Crippen LogP contribution in [0.5, 0.6) is 0 Å². The topological polar surface area (TPSA) is 46.1 Å². The van der Waals surface area contributed by atoms with E-state index in [1.54, 1.807) is 17.3 Å². The van der Waals surface area contributed by atoms with Gasteiger partial charge in [0.15, 0.2) is 5.13 Å². The number of aromatic nitrogens is 2. The van der Waals surface area contributed by atoms with Crippen LogP contribution in [0.2, 0.25) is 5.02 Å². The molecule has 0 atom stereocenters. The number of carbonyl (C=O) groups excluding carboxylic acids is 1. The molecular formula is C23H20ClN3OS. The van der Waals surface area contributed by atoms with Crippen molar-refractivity contribution >= 4 is 44.2 Å². The lowest BCUT2D eigenvalue weighted by Gasteiger charge is -2.21. The van der Waals surface area contributed by atoms with Crippen LogP contribution >= 0.6 is 22.9 Å². The first kappa shape index (κ1) is 19.6. The predicted molar refractivity (Wildman–Crippen MR) is 120 cm³/mol. The van der Waals surface area contributed by atoms with E-state index in [9.17, 15) is 4.79 Å². The Hall–Kier alpha value is -2.76.